The average molecular weight is 437 g/mol. The Hall–Kier alpha value is -2.68. The highest BCUT2D eigenvalue weighted by Gasteiger charge is 2.11. The smallest absolute Gasteiger partial charge is 0.321 e. The average Bonchev–Trinajstić information content (AvgIpc) is 2.70. The van der Waals surface area contributed by atoms with Gasteiger partial charge in [0.15, 0.2) is 6.61 Å². The number of halogens is 1. The maximum absolute atomic E-state index is 11.9. The van der Waals surface area contributed by atoms with Gasteiger partial charge in [-0.2, -0.15) is 0 Å². The van der Waals surface area contributed by atoms with E-state index in [0.29, 0.717) is 10.6 Å². The van der Waals surface area contributed by atoms with Crippen LogP contribution in [0.3, 0.4) is 0 Å². The number of benzene rings is 2. The monoisotopic (exact) mass is 436 g/mol. The highest BCUT2D eigenvalue weighted by atomic mass is 35.5. The van der Waals surface area contributed by atoms with E-state index in [1.165, 1.54) is 6.08 Å². The Labute approximate surface area is 174 Å². The Bertz CT molecular complexity index is 971. The molecular formula is C20H21ClN2O5S. The minimum Gasteiger partial charge on any atom is -0.455 e. The summed E-state index contributed by atoms with van der Waals surface area (Å²) in [5, 5.41) is 4.13. The summed E-state index contributed by atoms with van der Waals surface area (Å²) < 4.78 is 30.7. The van der Waals surface area contributed by atoms with Gasteiger partial charge in [-0.25, -0.2) is 13.1 Å². The summed E-state index contributed by atoms with van der Waals surface area (Å²) in [6, 6.07) is 14.2. The molecule has 2 N–H and O–H groups in total. The molecule has 0 aliphatic rings. The molecule has 0 heterocycles. The van der Waals surface area contributed by atoms with Crippen LogP contribution in [0, 0.1) is 6.92 Å². The topological polar surface area (TPSA) is 102 Å². The Morgan fingerprint density at radius 1 is 1.07 bits per heavy atom. The van der Waals surface area contributed by atoms with Gasteiger partial charge in [-0.3, -0.25) is 9.59 Å². The van der Waals surface area contributed by atoms with E-state index >= 15 is 0 Å². The molecule has 29 heavy (non-hydrogen) atoms. The van der Waals surface area contributed by atoms with E-state index in [9.17, 15) is 18.0 Å². The minimum atomic E-state index is -3.82. The van der Waals surface area contributed by atoms with Crippen LogP contribution in [0.25, 0.3) is 6.08 Å². The zero-order valence-electron chi connectivity index (χ0n) is 15.7. The van der Waals surface area contributed by atoms with Crippen molar-refractivity contribution in [3.05, 3.63) is 75.7 Å². The molecule has 0 atom stereocenters. The quantitative estimate of drug-likeness (QED) is 0.588. The number of carbonyl (C=O) groups is 2. The fourth-order valence-electron chi connectivity index (χ4n) is 2.10. The summed E-state index contributed by atoms with van der Waals surface area (Å²) in [4.78, 5) is 23.4. The summed E-state index contributed by atoms with van der Waals surface area (Å²) in [5.41, 5.74) is 2.60. The Balaban J connectivity index is 1.70. The van der Waals surface area contributed by atoms with Crippen LogP contribution in [0.15, 0.2) is 53.9 Å². The lowest BCUT2D eigenvalue weighted by molar-refractivity contribution is -0.147. The number of amides is 1. The molecule has 154 valence electrons. The van der Waals surface area contributed by atoms with Gasteiger partial charge < -0.3 is 10.1 Å². The third-order valence-electron chi connectivity index (χ3n) is 3.70. The highest BCUT2D eigenvalue weighted by molar-refractivity contribution is 7.92. The molecule has 0 aliphatic carbocycles. The molecular weight excluding hydrogens is 416 g/mol. The number of nitrogens with one attached hydrogen (secondary N) is 2. The molecule has 2 rings (SSSR count). The van der Waals surface area contributed by atoms with Crippen LogP contribution in [-0.4, -0.2) is 33.4 Å². The number of rotatable bonds is 9. The van der Waals surface area contributed by atoms with Crippen LogP contribution in [-0.2, 0) is 30.9 Å². The van der Waals surface area contributed by atoms with Crippen molar-refractivity contribution in [3.8, 4) is 0 Å². The lowest BCUT2D eigenvalue weighted by Gasteiger charge is -2.07. The van der Waals surface area contributed by atoms with E-state index in [1.54, 1.807) is 36.4 Å². The number of sulfonamides is 1. The van der Waals surface area contributed by atoms with Gasteiger partial charge in [-0.1, -0.05) is 53.6 Å². The molecule has 7 nitrogen and oxygen atoms in total. The zero-order valence-corrected chi connectivity index (χ0v) is 17.3. The van der Waals surface area contributed by atoms with E-state index < -0.39 is 35.1 Å². The number of esters is 1. The molecule has 0 radical (unpaired) electrons. The first-order chi connectivity index (χ1) is 13.7. The molecule has 0 aliphatic heterocycles. The van der Waals surface area contributed by atoms with Gasteiger partial charge in [0.25, 0.3) is 5.91 Å². The Morgan fingerprint density at radius 2 is 1.72 bits per heavy atom. The van der Waals surface area contributed by atoms with E-state index in [-0.39, 0.29) is 6.54 Å². The number of carbonyl (C=O) groups excluding carboxylic acids is 2. The maximum atomic E-state index is 11.9. The van der Waals surface area contributed by atoms with Crippen molar-refractivity contribution in [1.29, 1.82) is 0 Å². The van der Waals surface area contributed by atoms with Crippen molar-refractivity contribution >= 4 is 39.6 Å². The molecule has 0 saturated heterocycles. The zero-order chi connectivity index (χ0) is 21.3. The Morgan fingerprint density at radius 3 is 2.38 bits per heavy atom. The van der Waals surface area contributed by atoms with Crippen LogP contribution in [0.2, 0.25) is 5.02 Å². The van der Waals surface area contributed by atoms with Gasteiger partial charge in [0.1, 0.15) is 6.54 Å². The fraction of sp³-hybridized carbons (Fsp3) is 0.200. The van der Waals surface area contributed by atoms with Gasteiger partial charge in [0, 0.05) is 17.0 Å². The number of hydrogen-bond acceptors (Lipinski definition) is 5. The van der Waals surface area contributed by atoms with Gasteiger partial charge in [-0.15, -0.1) is 0 Å². The maximum Gasteiger partial charge on any atom is 0.321 e. The molecule has 0 spiro atoms. The van der Waals surface area contributed by atoms with Crippen molar-refractivity contribution < 1.29 is 22.7 Å². The standard InChI is InChI=1S/C20H21ClN2O5S/c1-15-2-4-16(5-3-15)10-11-29(26,27)23-13-20(25)28-14-19(24)22-12-17-6-8-18(21)9-7-17/h2-11,23H,12-14H2,1H3,(H,22,24)/b11-10+. The SMILES string of the molecule is Cc1ccc(/C=C/S(=O)(=O)NCC(=O)OCC(=O)NCc2ccc(Cl)cc2)cc1. The van der Waals surface area contributed by atoms with Gasteiger partial charge in [0.2, 0.25) is 10.0 Å². The van der Waals surface area contributed by atoms with E-state index in [1.807, 2.05) is 19.1 Å². The van der Waals surface area contributed by atoms with Crippen LogP contribution in [0.1, 0.15) is 16.7 Å². The van der Waals surface area contributed by atoms with E-state index in [4.69, 9.17) is 16.3 Å². The molecule has 2 aromatic rings. The van der Waals surface area contributed by atoms with Crippen LogP contribution >= 0.6 is 11.6 Å². The molecule has 0 saturated carbocycles. The normalized spacial score (nSPS) is 11.4. The number of ether oxygens (including phenoxy) is 1. The lowest BCUT2D eigenvalue weighted by atomic mass is 10.2. The van der Waals surface area contributed by atoms with Crippen molar-refractivity contribution in [2.75, 3.05) is 13.2 Å². The predicted molar refractivity (Wildman–Crippen MR) is 111 cm³/mol. The fourth-order valence-corrected chi connectivity index (χ4v) is 2.98. The van der Waals surface area contributed by atoms with Crippen molar-refractivity contribution in [3.63, 3.8) is 0 Å². The molecule has 0 unspecified atom stereocenters. The minimum absolute atomic E-state index is 0.254. The molecule has 0 fully saturated rings. The first kappa shape index (κ1) is 22.6. The summed E-state index contributed by atoms with van der Waals surface area (Å²) >= 11 is 5.78. The Kier molecular flexibility index (Phi) is 8.38. The summed E-state index contributed by atoms with van der Waals surface area (Å²) in [5.74, 6) is -1.37. The second-order valence-corrected chi connectivity index (χ2v) is 8.23. The molecule has 0 aromatic heterocycles. The van der Waals surface area contributed by atoms with E-state index in [0.717, 1.165) is 16.5 Å². The van der Waals surface area contributed by atoms with Crippen LogP contribution in [0.4, 0.5) is 0 Å². The first-order valence-corrected chi connectivity index (χ1v) is 10.6. The van der Waals surface area contributed by atoms with Crippen LogP contribution in [0.5, 0.6) is 0 Å². The molecule has 0 bridgehead atoms. The first-order valence-electron chi connectivity index (χ1n) is 8.65. The lowest BCUT2D eigenvalue weighted by Crippen LogP contribution is -2.33. The van der Waals surface area contributed by atoms with Crippen molar-refractivity contribution in [2.45, 2.75) is 13.5 Å². The van der Waals surface area contributed by atoms with E-state index in [2.05, 4.69) is 10.0 Å². The second kappa shape index (κ2) is 10.8. The molecule has 9 heteroatoms. The van der Waals surface area contributed by atoms with Gasteiger partial charge in [0.05, 0.1) is 0 Å². The largest absolute Gasteiger partial charge is 0.455 e. The second-order valence-electron chi connectivity index (χ2n) is 6.14. The summed E-state index contributed by atoms with van der Waals surface area (Å²) in [6.07, 6.45) is 1.41. The van der Waals surface area contributed by atoms with Crippen molar-refractivity contribution in [1.82, 2.24) is 10.0 Å². The molecule has 1 amide bonds. The number of aryl methyl sites for hydroxylation is 1. The predicted octanol–water partition coefficient (Wildman–Crippen LogP) is 2.40. The third kappa shape index (κ3) is 8.91. The van der Waals surface area contributed by atoms with Crippen molar-refractivity contribution in [2.24, 2.45) is 0 Å². The highest BCUT2D eigenvalue weighted by Crippen LogP contribution is 2.09. The van der Waals surface area contributed by atoms with Gasteiger partial charge in [-0.05, 0) is 36.3 Å². The third-order valence-corrected chi connectivity index (χ3v) is 4.99. The number of hydrogen-bond donors (Lipinski definition) is 2. The molecule has 2 aromatic carbocycles. The van der Waals surface area contributed by atoms with Crippen LogP contribution < -0.4 is 10.0 Å². The summed E-state index contributed by atoms with van der Waals surface area (Å²) in [7, 11) is -3.82. The van der Waals surface area contributed by atoms with Gasteiger partial charge >= 0.3 is 5.97 Å². The summed E-state index contributed by atoms with van der Waals surface area (Å²) in [6.45, 7) is 1.09.